The molecule has 1 atom stereocenters. The van der Waals surface area contributed by atoms with Gasteiger partial charge in [-0.3, -0.25) is 9.88 Å². The van der Waals surface area contributed by atoms with Gasteiger partial charge in [0.15, 0.2) is 0 Å². The van der Waals surface area contributed by atoms with Crippen LogP contribution in [0, 0.1) is 0 Å². The van der Waals surface area contributed by atoms with Crippen LogP contribution in [-0.2, 0) is 22.7 Å². The summed E-state index contributed by atoms with van der Waals surface area (Å²) in [7, 11) is -3.86. The maximum atomic E-state index is 12.6. The molecule has 3 rings (SSSR count). The summed E-state index contributed by atoms with van der Waals surface area (Å²) in [6, 6.07) is 7.03. The number of aromatic nitrogens is 1. The summed E-state index contributed by atoms with van der Waals surface area (Å²) in [6.45, 7) is 1.94. The lowest BCUT2D eigenvalue weighted by molar-refractivity contribution is -0.137. The zero-order chi connectivity index (χ0) is 18.8. The highest BCUT2D eigenvalue weighted by molar-refractivity contribution is 7.89. The van der Waals surface area contributed by atoms with Crippen molar-refractivity contribution in [3.8, 4) is 0 Å². The van der Waals surface area contributed by atoms with Gasteiger partial charge in [-0.15, -0.1) is 0 Å². The van der Waals surface area contributed by atoms with Gasteiger partial charge in [-0.1, -0.05) is 6.07 Å². The van der Waals surface area contributed by atoms with Crippen molar-refractivity contribution < 1.29 is 21.6 Å². The first-order valence-corrected chi connectivity index (χ1v) is 9.53. The van der Waals surface area contributed by atoms with Crippen molar-refractivity contribution >= 4 is 10.0 Å². The fourth-order valence-electron chi connectivity index (χ4n) is 2.93. The lowest BCUT2D eigenvalue weighted by Crippen LogP contribution is -2.37. The third-order valence-electron chi connectivity index (χ3n) is 4.22. The molecular formula is C17H18F3N3O2S. The molecule has 2 heterocycles. The Morgan fingerprint density at radius 1 is 1.19 bits per heavy atom. The molecular weight excluding hydrogens is 367 g/mol. The van der Waals surface area contributed by atoms with Crippen LogP contribution in [0.1, 0.15) is 17.5 Å². The minimum atomic E-state index is -4.49. The van der Waals surface area contributed by atoms with Gasteiger partial charge in [0.1, 0.15) is 0 Å². The molecule has 140 valence electrons. The second-order valence-corrected chi connectivity index (χ2v) is 7.94. The van der Waals surface area contributed by atoms with Gasteiger partial charge >= 0.3 is 6.18 Å². The quantitative estimate of drug-likeness (QED) is 0.860. The molecule has 0 amide bonds. The van der Waals surface area contributed by atoms with Crippen molar-refractivity contribution in [2.45, 2.75) is 30.1 Å². The fraction of sp³-hybridized carbons (Fsp3) is 0.353. The highest BCUT2D eigenvalue weighted by Gasteiger charge is 2.31. The number of rotatable bonds is 5. The Morgan fingerprint density at radius 3 is 2.54 bits per heavy atom. The SMILES string of the molecule is O=S(=O)(NC1CCN(Cc2cccnc2)C1)c1ccc(C(F)(F)F)cc1. The second-order valence-electron chi connectivity index (χ2n) is 6.23. The summed E-state index contributed by atoms with van der Waals surface area (Å²) in [5.41, 5.74) is 0.165. The number of likely N-dealkylation sites (tertiary alicyclic amines) is 1. The van der Waals surface area contributed by atoms with E-state index in [1.165, 1.54) is 0 Å². The van der Waals surface area contributed by atoms with Gasteiger partial charge in [-0.05, 0) is 42.3 Å². The van der Waals surface area contributed by atoms with Crippen LogP contribution in [0.2, 0.25) is 0 Å². The predicted octanol–water partition coefficient (Wildman–Crippen LogP) is 2.65. The van der Waals surface area contributed by atoms with Crippen LogP contribution < -0.4 is 4.72 Å². The number of hydrogen-bond acceptors (Lipinski definition) is 4. The van der Waals surface area contributed by atoms with Gasteiger partial charge in [-0.2, -0.15) is 13.2 Å². The zero-order valence-corrected chi connectivity index (χ0v) is 14.6. The highest BCUT2D eigenvalue weighted by atomic mass is 32.2. The Hall–Kier alpha value is -1.97. The zero-order valence-electron chi connectivity index (χ0n) is 13.8. The molecule has 1 unspecified atom stereocenters. The van der Waals surface area contributed by atoms with Crippen molar-refractivity contribution in [1.29, 1.82) is 0 Å². The van der Waals surface area contributed by atoms with Crippen LogP contribution >= 0.6 is 0 Å². The molecule has 9 heteroatoms. The molecule has 5 nitrogen and oxygen atoms in total. The number of sulfonamides is 1. The average Bonchev–Trinajstić information content (AvgIpc) is 3.01. The monoisotopic (exact) mass is 385 g/mol. The standard InChI is InChI=1S/C17H18F3N3O2S/c18-17(19,20)14-3-5-16(6-4-14)26(24,25)22-15-7-9-23(12-15)11-13-2-1-8-21-10-13/h1-6,8,10,15,22H,7,9,11-12H2. The van der Waals surface area contributed by atoms with Gasteiger partial charge in [0.2, 0.25) is 10.0 Å². The summed E-state index contributed by atoms with van der Waals surface area (Å²) in [4.78, 5) is 5.99. The molecule has 0 bridgehead atoms. The van der Waals surface area contributed by atoms with Crippen LogP contribution in [0.4, 0.5) is 13.2 Å². The summed E-state index contributed by atoms with van der Waals surface area (Å²) in [5, 5.41) is 0. The molecule has 1 aromatic heterocycles. The first kappa shape index (κ1) is 18.8. The highest BCUT2D eigenvalue weighted by Crippen LogP contribution is 2.29. The van der Waals surface area contributed by atoms with Crippen LogP contribution in [0.15, 0.2) is 53.7 Å². The minimum Gasteiger partial charge on any atom is -0.297 e. The first-order valence-electron chi connectivity index (χ1n) is 8.05. The molecule has 1 fully saturated rings. The van der Waals surface area contributed by atoms with Crippen LogP contribution in [-0.4, -0.2) is 37.4 Å². The Kier molecular flexibility index (Phi) is 5.31. The number of pyridine rings is 1. The topological polar surface area (TPSA) is 62.3 Å². The Labute approximate surface area is 149 Å². The van der Waals surface area contributed by atoms with Gasteiger partial charge in [0.25, 0.3) is 0 Å². The normalized spacial score (nSPS) is 19.0. The molecule has 2 aromatic rings. The Balaban J connectivity index is 1.61. The van der Waals surface area contributed by atoms with E-state index in [0.29, 0.717) is 19.5 Å². The molecule has 1 aliphatic rings. The summed E-state index contributed by atoms with van der Waals surface area (Å²) < 4.78 is 65.1. The van der Waals surface area contributed by atoms with Crippen molar-refractivity contribution in [1.82, 2.24) is 14.6 Å². The van der Waals surface area contributed by atoms with E-state index in [0.717, 1.165) is 36.4 Å². The Bertz CT molecular complexity index is 840. The lowest BCUT2D eigenvalue weighted by Gasteiger charge is -2.17. The molecule has 0 radical (unpaired) electrons. The minimum absolute atomic E-state index is 0.170. The number of alkyl halides is 3. The van der Waals surface area contributed by atoms with Gasteiger partial charge in [-0.25, -0.2) is 13.1 Å². The van der Waals surface area contributed by atoms with Gasteiger partial charge in [0, 0.05) is 38.1 Å². The average molecular weight is 385 g/mol. The van der Waals surface area contributed by atoms with E-state index in [-0.39, 0.29) is 10.9 Å². The second kappa shape index (κ2) is 7.34. The van der Waals surface area contributed by atoms with E-state index < -0.39 is 21.8 Å². The largest absolute Gasteiger partial charge is 0.416 e. The summed E-state index contributed by atoms with van der Waals surface area (Å²) in [6.07, 6.45) is -0.401. The van der Waals surface area contributed by atoms with Crippen molar-refractivity contribution in [2.75, 3.05) is 13.1 Å². The number of nitrogens with one attached hydrogen (secondary N) is 1. The third-order valence-corrected chi connectivity index (χ3v) is 5.75. The Morgan fingerprint density at radius 2 is 1.92 bits per heavy atom. The molecule has 0 spiro atoms. The summed E-state index contributed by atoms with van der Waals surface area (Å²) in [5.74, 6) is 0. The smallest absolute Gasteiger partial charge is 0.297 e. The van der Waals surface area contributed by atoms with E-state index in [1.54, 1.807) is 12.4 Å². The van der Waals surface area contributed by atoms with E-state index in [9.17, 15) is 21.6 Å². The van der Waals surface area contributed by atoms with Crippen LogP contribution in [0.25, 0.3) is 0 Å². The number of hydrogen-bond donors (Lipinski definition) is 1. The van der Waals surface area contributed by atoms with Crippen LogP contribution in [0.3, 0.4) is 0 Å². The van der Waals surface area contributed by atoms with E-state index in [2.05, 4.69) is 14.6 Å². The molecule has 1 saturated heterocycles. The van der Waals surface area contributed by atoms with Crippen molar-refractivity contribution in [3.63, 3.8) is 0 Å². The maximum absolute atomic E-state index is 12.6. The van der Waals surface area contributed by atoms with Crippen LogP contribution in [0.5, 0.6) is 0 Å². The van der Waals surface area contributed by atoms with Crippen molar-refractivity contribution in [2.24, 2.45) is 0 Å². The van der Waals surface area contributed by atoms with Crippen molar-refractivity contribution in [3.05, 3.63) is 59.9 Å². The third kappa shape index (κ3) is 4.60. The molecule has 0 saturated carbocycles. The van der Waals surface area contributed by atoms with E-state index in [4.69, 9.17) is 0 Å². The molecule has 1 N–H and O–H groups in total. The lowest BCUT2D eigenvalue weighted by atomic mass is 10.2. The number of benzene rings is 1. The fourth-order valence-corrected chi connectivity index (χ4v) is 4.19. The summed E-state index contributed by atoms with van der Waals surface area (Å²) >= 11 is 0. The molecule has 0 aliphatic carbocycles. The first-order chi connectivity index (χ1) is 12.2. The number of nitrogens with zero attached hydrogens (tertiary/aromatic N) is 2. The van der Waals surface area contributed by atoms with E-state index in [1.807, 2.05) is 12.1 Å². The molecule has 26 heavy (non-hydrogen) atoms. The molecule has 1 aliphatic heterocycles. The maximum Gasteiger partial charge on any atom is 0.416 e. The number of halogens is 3. The van der Waals surface area contributed by atoms with E-state index >= 15 is 0 Å². The molecule has 1 aromatic carbocycles. The predicted molar refractivity (Wildman–Crippen MR) is 89.7 cm³/mol. The van der Waals surface area contributed by atoms with Gasteiger partial charge in [0.05, 0.1) is 10.5 Å². The van der Waals surface area contributed by atoms with Gasteiger partial charge < -0.3 is 0 Å².